The summed E-state index contributed by atoms with van der Waals surface area (Å²) in [4.78, 5) is 29.7. The van der Waals surface area contributed by atoms with Crippen molar-refractivity contribution in [2.45, 2.75) is 6.54 Å². The van der Waals surface area contributed by atoms with Crippen LogP contribution in [0, 0.1) is 116 Å². The maximum Gasteiger partial charge on any atom is 0.368 e. The third-order valence-corrected chi connectivity index (χ3v) is 12.8. The molecule has 0 radical (unpaired) electrons. The van der Waals surface area contributed by atoms with Crippen LogP contribution in [-0.4, -0.2) is 22.9 Å². The van der Waals surface area contributed by atoms with Crippen molar-refractivity contribution in [3.8, 4) is 5.75 Å². The molecule has 402 valence electrons. The summed E-state index contributed by atoms with van der Waals surface area (Å²) in [6.07, 6.45) is -2.52. The highest BCUT2D eigenvalue weighted by atomic mass is 19.2. The number of rotatable bonds is 9. The van der Waals surface area contributed by atoms with Gasteiger partial charge in [0.2, 0.25) is 24.2 Å². The normalized spacial score (nSPS) is 11.7. The minimum Gasteiger partial charge on any atom is -0.421 e. The second-order valence-electron chi connectivity index (χ2n) is 17.0. The summed E-state index contributed by atoms with van der Waals surface area (Å²) in [6.45, 7) is 0.103. The minimum absolute atomic E-state index is 0.0529. The molecule has 0 aliphatic carbocycles. The van der Waals surface area contributed by atoms with Crippen molar-refractivity contribution in [3.63, 3.8) is 0 Å². The molecule has 0 aliphatic heterocycles. The summed E-state index contributed by atoms with van der Waals surface area (Å²) < 4.78 is 301. The molecule has 0 atom stereocenters. The van der Waals surface area contributed by atoms with E-state index in [1.165, 1.54) is 6.20 Å². The molecular formula is C53H19BF20N2O3. The van der Waals surface area contributed by atoms with Gasteiger partial charge in [-0.2, -0.15) is 4.57 Å². The maximum absolute atomic E-state index is 15.4. The number of hydrogen-bond acceptors (Lipinski definition) is 4. The van der Waals surface area contributed by atoms with Crippen molar-refractivity contribution in [1.29, 1.82) is 0 Å². The SMILES string of the molecule is Fc1c(F)c(F)c([B-](c2c(F)c(F)c(F)c(F)c2F)(c2c(F)c(F)c(F)c(F)c2F)c2c(F)c(F)c(F)c(F)c2F)c(F)c1F.O=C(C[n+]1ccnc(C(=O)Oc2ccc3ccc4cccc5ccc2c3c45)c1)c1ccccc1. The number of ether oxygens (including phenoxy) is 1. The molecule has 0 amide bonds. The standard InChI is InChI=1S/C29H19N2O3.C24BF20/c32-25(19-5-2-1-3-6-19)18-31-16-15-30-24(17-31)29(33)34-26-14-12-22-10-9-20-7-4-8-21-11-13-23(26)28(22)27(20)21;26-5-1(6(27)14(35)21(42)13(5)34)25(2-7(28)15(36)22(43)16(37)8(2)29,3-9(30)17(38)23(44)18(39)10(3)31)4-11(32)19(40)24(45)20(41)12(4)33/h1-17H,18H2;/q+1;-1. The molecule has 0 fully saturated rings. The number of esters is 1. The number of ketones is 1. The van der Waals surface area contributed by atoms with Crippen LogP contribution in [0.1, 0.15) is 20.8 Å². The van der Waals surface area contributed by atoms with E-state index < -0.39 is 150 Å². The van der Waals surface area contributed by atoms with E-state index in [9.17, 15) is 62.3 Å². The number of carbonyl (C=O) groups excluding carboxylic acids is 2. The molecular weight excluding hydrogens is 1100 g/mol. The smallest absolute Gasteiger partial charge is 0.368 e. The van der Waals surface area contributed by atoms with Crippen LogP contribution in [0.3, 0.4) is 0 Å². The zero-order chi connectivity index (χ0) is 57.4. The Morgan fingerprint density at radius 1 is 0.405 bits per heavy atom. The molecule has 26 heteroatoms. The molecule has 5 nitrogen and oxygen atoms in total. The molecule has 1 heterocycles. The number of aromatic nitrogens is 2. The van der Waals surface area contributed by atoms with Gasteiger partial charge in [-0.1, -0.05) is 72.8 Å². The van der Waals surface area contributed by atoms with Crippen molar-refractivity contribution < 1.29 is 107 Å². The fourth-order valence-corrected chi connectivity index (χ4v) is 9.34. The summed E-state index contributed by atoms with van der Waals surface area (Å²) in [5.41, 5.74) is -13.6. The van der Waals surface area contributed by atoms with Crippen molar-refractivity contribution in [2.75, 3.05) is 0 Å². The fourth-order valence-electron chi connectivity index (χ4n) is 9.34. The van der Waals surface area contributed by atoms with Gasteiger partial charge in [-0.25, -0.2) is 97.6 Å². The van der Waals surface area contributed by atoms with Crippen LogP contribution < -0.4 is 31.2 Å². The first-order valence-corrected chi connectivity index (χ1v) is 21.9. The van der Waals surface area contributed by atoms with Gasteiger partial charge >= 0.3 is 5.97 Å². The highest BCUT2D eigenvalue weighted by Gasteiger charge is 2.52. The lowest BCUT2D eigenvalue weighted by Gasteiger charge is -2.44. The lowest BCUT2D eigenvalue weighted by atomic mass is 9.12. The average molecular weight is 1120 g/mol. The Hall–Kier alpha value is -9.10. The van der Waals surface area contributed by atoms with E-state index in [4.69, 9.17) is 4.74 Å². The van der Waals surface area contributed by atoms with Crippen LogP contribution in [0.5, 0.6) is 5.75 Å². The number of hydrogen-bond donors (Lipinski definition) is 0. The number of benzene rings is 9. The summed E-state index contributed by atoms with van der Waals surface area (Å²) >= 11 is 0. The Bertz CT molecular complexity index is 3810. The Morgan fingerprint density at radius 2 is 0.759 bits per heavy atom. The Morgan fingerprint density at radius 3 is 1.16 bits per heavy atom. The zero-order valence-corrected chi connectivity index (χ0v) is 38.3. The second kappa shape index (κ2) is 20.4. The zero-order valence-electron chi connectivity index (χ0n) is 38.3. The monoisotopic (exact) mass is 1120 g/mol. The van der Waals surface area contributed by atoms with E-state index in [0.717, 1.165) is 32.3 Å². The lowest BCUT2D eigenvalue weighted by molar-refractivity contribution is -0.683. The van der Waals surface area contributed by atoms with Crippen molar-refractivity contribution in [3.05, 3.63) is 231 Å². The molecule has 10 rings (SSSR count). The topological polar surface area (TPSA) is 60.1 Å². The van der Waals surface area contributed by atoms with E-state index in [-0.39, 0.29) is 18.0 Å². The van der Waals surface area contributed by atoms with Gasteiger partial charge in [0, 0.05) is 16.3 Å². The second-order valence-corrected chi connectivity index (χ2v) is 17.0. The molecule has 0 N–H and O–H groups in total. The molecule has 0 saturated carbocycles. The Labute approximate surface area is 426 Å². The highest BCUT2D eigenvalue weighted by molar-refractivity contribution is 7.20. The highest BCUT2D eigenvalue weighted by Crippen LogP contribution is 2.39. The first-order valence-electron chi connectivity index (χ1n) is 21.9. The van der Waals surface area contributed by atoms with Crippen molar-refractivity contribution in [1.82, 2.24) is 4.98 Å². The maximum atomic E-state index is 15.4. The molecule has 0 saturated heterocycles. The van der Waals surface area contributed by atoms with E-state index in [1.807, 2.05) is 48.5 Å². The van der Waals surface area contributed by atoms with Gasteiger partial charge in [0.25, 0.3) is 0 Å². The van der Waals surface area contributed by atoms with Gasteiger partial charge in [0.05, 0.1) is 6.20 Å². The third kappa shape index (κ3) is 8.55. The quantitative estimate of drug-likeness (QED) is 0.0166. The molecule has 0 aliphatic rings. The summed E-state index contributed by atoms with van der Waals surface area (Å²) in [5, 5.41) is 6.49. The number of Topliss-reactive ketones (excluding diaryl/α,β-unsaturated/α-hetero) is 1. The largest absolute Gasteiger partial charge is 0.421 e. The molecule has 0 spiro atoms. The predicted octanol–water partition coefficient (Wildman–Crippen LogP) is 11.2. The fraction of sp³-hybridized carbons (Fsp3) is 0.0189. The number of nitrogens with zero attached hydrogens (tertiary/aromatic N) is 2. The van der Waals surface area contributed by atoms with Gasteiger partial charge in [-0.05, 0) is 33.7 Å². The number of halogens is 20. The van der Waals surface area contributed by atoms with E-state index in [1.54, 1.807) is 29.1 Å². The van der Waals surface area contributed by atoms with E-state index >= 15 is 35.1 Å². The van der Waals surface area contributed by atoms with Crippen LogP contribution in [0.25, 0.3) is 32.3 Å². The molecule has 0 unspecified atom stereocenters. The Balaban J connectivity index is 0.000000198. The lowest BCUT2D eigenvalue weighted by Crippen LogP contribution is -2.81. The first kappa shape index (κ1) is 54.7. The first-order chi connectivity index (χ1) is 37.4. The van der Waals surface area contributed by atoms with Crippen molar-refractivity contribution >= 4 is 72.1 Å². The summed E-state index contributed by atoms with van der Waals surface area (Å²) in [5.74, 6) is -71.6. The summed E-state index contributed by atoms with van der Waals surface area (Å²) in [7, 11) is 0. The summed E-state index contributed by atoms with van der Waals surface area (Å²) in [6, 6.07) is 27.3. The minimum atomic E-state index is -7.22. The van der Waals surface area contributed by atoms with Gasteiger partial charge in [-0.3, -0.25) is 4.79 Å². The molecule has 9 aromatic carbocycles. The molecule has 1 aromatic heterocycles. The van der Waals surface area contributed by atoms with Gasteiger partial charge in [-0.15, -0.1) is 21.9 Å². The third-order valence-electron chi connectivity index (χ3n) is 12.8. The molecule has 0 bridgehead atoms. The number of carbonyl (C=O) groups is 2. The van der Waals surface area contributed by atoms with Crippen LogP contribution in [-0.2, 0) is 6.54 Å². The van der Waals surface area contributed by atoms with Crippen LogP contribution in [0.2, 0.25) is 0 Å². The molecule has 10 aromatic rings. The van der Waals surface area contributed by atoms with Gasteiger partial charge < -0.3 is 4.74 Å². The average Bonchev–Trinajstić information content (AvgIpc) is 2.91. The van der Waals surface area contributed by atoms with Gasteiger partial charge in [0.15, 0.2) is 76.0 Å². The van der Waals surface area contributed by atoms with Crippen molar-refractivity contribution in [2.24, 2.45) is 0 Å². The molecule has 79 heavy (non-hydrogen) atoms. The van der Waals surface area contributed by atoms with Crippen LogP contribution >= 0.6 is 0 Å². The van der Waals surface area contributed by atoms with Crippen LogP contribution in [0.4, 0.5) is 87.8 Å². The Kier molecular flexibility index (Phi) is 14.1. The van der Waals surface area contributed by atoms with E-state index in [2.05, 4.69) is 29.2 Å². The van der Waals surface area contributed by atoms with Crippen LogP contribution in [0.15, 0.2) is 104 Å². The van der Waals surface area contributed by atoms with Gasteiger partial charge in [0.1, 0.15) is 58.4 Å². The predicted molar refractivity (Wildman–Crippen MR) is 240 cm³/mol. The van der Waals surface area contributed by atoms with E-state index in [0.29, 0.717) is 11.3 Å².